The third-order valence-electron chi connectivity index (χ3n) is 6.05. The van der Waals surface area contributed by atoms with Crippen LogP contribution >= 0.6 is 0 Å². The molecule has 0 saturated carbocycles. The molecule has 162 valence electrons. The van der Waals surface area contributed by atoms with Crippen molar-refractivity contribution in [1.82, 2.24) is 19.4 Å². The van der Waals surface area contributed by atoms with Crippen molar-refractivity contribution in [2.45, 2.75) is 44.6 Å². The molecule has 0 atom stereocenters. The van der Waals surface area contributed by atoms with Crippen molar-refractivity contribution in [3.8, 4) is 0 Å². The zero-order valence-electron chi connectivity index (χ0n) is 17.9. The number of hydrogen-bond donors (Lipinski definition) is 1. The van der Waals surface area contributed by atoms with Crippen LogP contribution in [0.15, 0.2) is 23.1 Å². The van der Waals surface area contributed by atoms with E-state index in [-0.39, 0.29) is 11.9 Å². The maximum atomic E-state index is 13.0. The monoisotopic (exact) mass is 422 g/mol. The lowest BCUT2D eigenvalue weighted by Gasteiger charge is -2.35. The van der Waals surface area contributed by atoms with Crippen LogP contribution in [0.4, 0.5) is 0 Å². The van der Waals surface area contributed by atoms with E-state index in [2.05, 4.69) is 17.1 Å². The van der Waals surface area contributed by atoms with Crippen molar-refractivity contribution in [3.05, 3.63) is 29.3 Å². The fourth-order valence-electron chi connectivity index (χ4n) is 4.23. The zero-order valence-corrected chi connectivity index (χ0v) is 18.7. The van der Waals surface area contributed by atoms with Gasteiger partial charge in [-0.15, -0.1) is 0 Å². The molecule has 1 aromatic carbocycles. The Morgan fingerprint density at radius 3 is 2.28 bits per heavy atom. The van der Waals surface area contributed by atoms with Crippen molar-refractivity contribution in [1.29, 1.82) is 0 Å². The number of likely N-dealkylation sites (tertiary alicyclic amines) is 1. The van der Waals surface area contributed by atoms with Gasteiger partial charge in [0.05, 0.1) is 11.4 Å². The van der Waals surface area contributed by atoms with Gasteiger partial charge >= 0.3 is 0 Å². The maximum absolute atomic E-state index is 13.0. The molecule has 2 saturated heterocycles. The van der Waals surface area contributed by atoms with Crippen LogP contribution in [0.25, 0.3) is 0 Å². The van der Waals surface area contributed by atoms with E-state index in [4.69, 9.17) is 0 Å². The summed E-state index contributed by atoms with van der Waals surface area (Å²) in [5.41, 5.74) is 1.83. The predicted octanol–water partition coefficient (Wildman–Crippen LogP) is 1.21. The molecule has 2 heterocycles. The van der Waals surface area contributed by atoms with Crippen molar-refractivity contribution >= 4 is 15.9 Å². The lowest BCUT2D eigenvalue weighted by Crippen LogP contribution is -2.52. The fraction of sp³-hybridized carbons (Fsp3) is 0.667. The van der Waals surface area contributed by atoms with Gasteiger partial charge in [0.2, 0.25) is 15.9 Å². The fourth-order valence-corrected chi connectivity index (χ4v) is 5.85. The van der Waals surface area contributed by atoms with Crippen LogP contribution in [0.2, 0.25) is 0 Å². The van der Waals surface area contributed by atoms with Gasteiger partial charge in [0.1, 0.15) is 0 Å². The molecule has 0 unspecified atom stereocenters. The summed E-state index contributed by atoms with van der Waals surface area (Å²) in [6, 6.07) is 5.70. The van der Waals surface area contributed by atoms with Gasteiger partial charge in [-0.2, -0.15) is 4.31 Å². The Kier molecular flexibility index (Phi) is 7.32. The highest BCUT2D eigenvalue weighted by Crippen LogP contribution is 2.22. The van der Waals surface area contributed by atoms with E-state index in [1.54, 1.807) is 10.4 Å². The van der Waals surface area contributed by atoms with E-state index < -0.39 is 10.0 Å². The molecule has 2 aliphatic rings. The van der Waals surface area contributed by atoms with Gasteiger partial charge in [-0.3, -0.25) is 9.69 Å². The minimum absolute atomic E-state index is 0.0469. The zero-order chi connectivity index (χ0) is 21.0. The number of nitrogens with zero attached hydrogens (tertiary/aromatic N) is 3. The summed E-state index contributed by atoms with van der Waals surface area (Å²) < 4.78 is 27.5. The molecule has 1 N–H and O–H groups in total. The molecule has 1 amide bonds. The van der Waals surface area contributed by atoms with Crippen molar-refractivity contribution in [2.24, 2.45) is 0 Å². The van der Waals surface area contributed by atoms with Crippen LogP contribution in [-0.4, -0.2) is 86.8 Å². The molecule has 0 aliphatic carbocycles. The van der Waals surface area contributed by atoms with Crippen LogP contribution in [0.1, 0.15) is 30.9 Å². The Balaban J connectivity index is 1.48. The summed E-state index contributed by atoms with van der Waals surface area (Å²) in [6.45, 7) is 11.4. The van der Waals surface area contributed by atoms with Crippen LogP contribution in [-0.2, 0) is 14.8 Å². The number of rotatable bonds is 6. The largest absolute Gasteiger partial charge is 0.352 e. The number of aryl methyl sites for hydroxylation is 2. The first kappa shape index (κ1) is 22.2. The number of hydrogen-bond acceptors (Lipinski definition) is 5. The van der Waals surface area contributed by atoms with Crippen LogP contribution in [0.5, 0.6) is 0 Å². The van der Waals surface area contributed by atoms with Gasteiger partial charge in [-0.1, -0.05) is 24.6 Å². The van der Waals surface area contributed by atoms with E-state index in [9.17, 15) is 13.2 Å². The smallest absolute Gasteiger partial charge is 0.243 e. The number of piperazine rings is 1. The standard InChI is InChI=1S/C21H34N4O3S/c1-4-23-9-7-19(8-10-23)22-21(26)16-24-11-13-25(14-12-24)29(27,28)20-6-5-17(2)15-18(20)3/h5-6,15,19H,4,7-14,16H2,1-3H3,(H,22,26). The minimum Gasteiger partial charge on any atom is -0.352 e. The highest BCUT2D eigenvalue weighted by Gasteiger charge is 2.30. The molecule has 0 bridgehead atoms. The summed E-state index contributed by atoms with van der Waals surface area (Å²) in [5.74, 6) is 0.0469. The summed E-state index contributed by atoms with van der Waals surface area (Å²) in [5, 5.41) is 3.15. The van der Waals surface area contributed by atoms with Gasteiger partial charge in [0, 0.05) is 45.3 Å². The molecule has 0 aromatic heterocycles. The first-order valence-electron chi connectivity index (χ1n) is 10.6. The number of benzene rings is 1. The number of nitrogens with one attached hydrogen (secondary N) is 1. The molecule has 8 heteroatoms. The molecular weight excluding hydrogens is 388 g/mol. The van der Waals surface area contributed by atoms with Gasteiger partial charge in [-0.25, -0.2) is 8.42 Å². The molecule has 0 radical (unpaired) electrons. The molecule has 2 fully saturated rings. The van der Waals surface area contributed by atoms with E-state index in [1.165, 1.54) is 0 Å². The summed E-state index contributed by atoms with van der Waals surface area (Å²) in [6.07, 6.45) is 2.00. The van der Waals surface area contributed by atoms with Gasteiger partial charge in [0.25, 0.3) is 0 Å². The summed E-state index contributed by atoms with van der Waals surface area (Å²) >= 11 is 0. The second-order valence-electron chi connectivity index (χ2n) is 8.23. The van der Waals surface area contributed by atoms with Crippen molar-refractivity contribution in [2.75, 3.05) is 52.4 Å². The Bertz CT molecular complexity index is 811. The number of carbonyl (C=O) groups is 1. The van der Waals surface area contributed by atoms with E-state index in [0.29, 0.717) is 37.6 Å². The van der Waals surface area contributed by atoms with Crippen molar-refractivity contribution < 1.29 is 13.2 Å². The molecule has 0 spiro atoms. The van der Waals surface area contributed by atoms with E-state index in [0.717, 1.165) is 43.6 Å². The number of sulfonamides is 1. The molecule has 3 rings (SSSR count). The third kappa shape index (κ3) is 5.57. The second kappa shape index (κ2) is 9.55. The highest BCUT2D eigenvalue weighted by atomic mass is 32.2. The average molecular weight is 423 g/mol. The molecule has 7 nitrogen and oxygen atoms in total. The lowest BCUT2D eigenvalue weighted by molar-refractivity contribution is -0.123. The van der Waals surface area contributed by atoms with Gasteiger partial charge in [-0.05, 0) is 44.9 Å². The molecule has 2 aliphatic heterocycles. The van der Waals surface area contributed by atoms with Crippen LogP contribution in [0.3, 0.4) is 0 Å². The third-order valence-corrected chi connectivity index (χ3v) is 8.11. The lowest BCUT2D eigenvalue weighted by atomic mass is 10.1. The Morgan fingerprint density at radius 1 is 1.03 bits per heavy atom. The van der Waals surface area contributed by atoms with Crippen LogP contribution < -0.4 is 5.32 Å². The van der Waals surface area contributed by atoms with Crippen molar-refractivity contribution in [3.63, 3.8) is 0 Å². The summed E-state index contributed by atoms with van der Waals surface area (Å²) in [7, 11) is -3.49. The Labute approximate surface area is 175 Å². The maximum Gasteiger partial charge on any atom is 0.243 e. The number of carbonyl (C=O) groups excluding carboxylic acids is 1. The molecular formula is C21H34N4O3S. The Hall–Kier alpha value is -1.48. The van der Waals surface area contributed by atoms with Gasteiger partial charge in [0.15, 0.2) is 0 Å². The Morgan fingerprint density at radius 2 is 1.69 bits per heavy atom. The first-order valence-corrected chi connectivity index (χ1v) is 12.0. The normalized spacial score (nSPS) is 20.7. The van der Waals surface area contributed by atoms with E-state index >= 15 is 0 Å². The predicted molar refractivity (Wildman–Crippen MR) is 114 cm³/mol. The first-order chi connectivity index (χ1) is 13.8. The molecule has 29 heavy (non-hydrogen) atoms. The summed E-state index contributed by atoms with van der Waals surface area (Å²) in [4.78, 5) is 17.2. The number of amides is 1. The quantitative estimate of drug-likeness (QED) is 0.746. The SMILES string of the molecule is CCN1CCC(NC(=O)CN2CCN(S(=O)(=O)c3ccc(C)cc3C)CC2)CC1. The van der Waals surface area contributed by atoms with Gasteiger partial charge < -0.3 is 10.2 Å². The average Bonchev–Trinajstić information content (AvgIpc) is 2.68. The number of piperidine rings is 1. The minimum atomic E-state index is -3.49. The highest BCUT2D eigenvalue weighted by molar-refractivity contribution is 7.89. The topological polar surface area (TPSA) is 73.0 Å². The molecule has 1 aromatic rings. The van der Waals surface area contributed by atoms with E-state index in [1.807, 2.05) is 30.9 Å². The second-order valence-corrected chi connectivity index (χ2v) is 10.1. The van der Waals surface area contributed by atoms with Crippen LogP contribution in [0, 0.1) is 13.8 Å².